The summed E-state index contributed by atoms with van der Waals surface area (Å²) in [6, 6.07) is 3.56. The van der Waals surface area contributed by atoms with Crippen LogP contribution in [0.2, 0.25) is 0 Å². The Balaban J connectivity index is 1.06. The number of nitrogens with one attached hydrogen (secondary N) is 4. The van der Waals surface area contributed by atoms with E-state index in [4.69, 9.17) is 20.3 Å². The number of aliphatic carboxylic acids is 2. The molecule has 0 aliphatic carbocycles. The van der Waals surface area contributed by atoms with Crippen molar-refractivity contribution in [2.75, 3.05) is 17.7 Å². The van der Waals surface area contributed by atoms with Gasteiger partial charge in [-0.2, -0.15) is 4.98 Å². The van der Waals surface area contributed by atoms with E-state index in [9.17, 15) is 49.2 Å². The van der Waals surface area contributed by atoms with Crippen molar-refractivity contribution < 1.29 is 59.0 Å². The van der Waals surface area contributed by atoms with Crippen LogP contribution in [0, 0.1) is 0 Å². The first-order chi connectivity index (χ1) is 27.1. The Labute approximate surface area is 320 Å². The fourth-order valence-corrected chi connectivity index (χ4v) is 5.53. The van der Waals surface area contributed by atoms with Gasteiger partial charge in [0.2, 0.25) is 11.9 Å². The molecule has 57 heavy (non-hydrogen) atoms. The van der Waals surface area contributed by atoms with Gasteiger partial charge >= 0.3 is 11.9 Å². The first kappa shape index (κ1) is 41.7. The number of nitrogens with zero attached hydrogens (tertiary/aromatic N) is 6. The molecular formula is C33H39N11O13. The number of H-pyrrole nitrogens is 1. The number of anilines is 2. The van der Waals surface area contributed by atoms with Crippen LogP contribution >= 0.6 is 0 Å². The Bertz CT molecular complexity index is 2160. The van der Waals surface area contributed by atoms with E-state index in [1.165, 1.54) is 36.1 Å². The highest BCUT2D eigenvalue weighted by atomic mass is 16.7. The van der Waals surface area contributed by atoms with E-state index >= 15 is 0 Å². The number of hydrogen-bond acceptors (Lipinski definition) is 18. The number of carbonyl (C=O) groups is 5. The molecule has 0 saturated carbocycles. The number of aliphatic hydroxyl groups excluding tert-OH is 3. The van der Waals surface area contributed by atoms with Crippen LogP contribution in [-0.4, -0.2) is 139 Å². The SMILES string of the molecule is CC(=O)[C@H](Cc1cn(CCO[C@@H]2OC(C(=O)O)C(O)[C@H](O)C2O)nn1)NC(=O)CC[C@H](NC(=O)c1ccc(NCc2cnc3nc(N)[nH]c(=O)c3n2)cc1)C(=O)O. The summed E-state index contributed by atoms with van der Waals surface area (Å²) in [5, 5.41) is 64.5. The summed E-state index contributed by atoms with van der Waals surface area (Å²) in [7, 11) is 0. The average molecular weight is 798 g/mol. The number of hydrogen-bond donors (Lipinski definition) is 10. The van der Waals surface area contributed by atoms with Gasteiger partial charge in [0, 0.05) is 30.3 Å². The third-order valence-electron chi connectivity index (χ3n) is 8.61. The first-order valence-corrected chi connectivity index (χ1v) is 17.2. The summed E-state index contributed by atoms with van der Waals surface area (Å²) in [5.41, 5.74) is 6.53. The summed E-state index contributed by atoms with van der Waals surface area (Å²) in [6.45, 7) is 1.23. The van der Waals surface area contributed by atoms with Crippen LogP contribution in [0.25, 0.3) is 11.2 Å². The van der Waals surface area contributed by atoms with Gasteiger partial charge in [-0.1, -0.05) is 5.21 Å². The number of fused-ring (bicyclic) bond motifs is 1. The monoisotopic (exact) mass is 797 g/mol. The van der Waals surface area contributed by atoms with Gasteiger partial charge in [0.1, 0.15) is 24.4 Å². The number of ketones is 1. The molecule has 11 N–H and O–H groups in total. The molecule has 304 valence electrons. The van der Waals surface area contributed by atoms with Crippen LogP contribution in [0.3, 0.4) is 0 Å². The molecule has 0 spiro atoms. The molecule has 3 unspecified atom stereocenters. The third-order valence-corrected chi connectivity index (χ3v) is 8.61. The summed E-state index contributed by atoms with van der Waals surface area (Å²) >= 11 is 0. The molecule has 5 rings (SSSR count). The lowest BCUT2D eigenvalue weighted by molar-refractivity contribution is -0.294. The van der Waals surface area contributed by atoms with Gasteiger partial charge in [-0.15, -0.1) is 5.10 Å². The predicted octanol–water partition coefficient (Wildman–Crippen LogP) is -3.31. The second-order valence-electron chi connectivity index (χ2n) is 12.8. The van der Waals surface area contributed by atoms with E-state index in [0.29, 0.717) is 11.4 Å². The Kier molecular flexibility index (Phi) is 13.5. The van der Waals surface area contributed by atoms with Crippen molar-refractivity contribution in [1.29, 1.82) is 0 Å². The Morgan fingerprint density at radius 1 is 1.00 bits per heavy atom. The lowest BCUT2D eigenvalue weighted by Gasteiger charge is -2.38. The number of amides is 2. The van der Waals surface area contributed by atoms with Crippen LogP contribution in [-0.2, 0) is 48.2 Å². The van der Waals surface area contributed by atoms with E-state index in [2.05, 4.69) is 46.2 Å². The fraction of sp³-hybridized carbons (Fsp3) is 0.424. The molecule has 1 aliphatic rings. The van der Waals surface area contributed by atoms with Gasteiger partial charge in [-0.3, -0.25) is 24.2 Å². The summed E-state index contributed by atoms with van der Waals surface area (Å²) in [5.74, 6) is -4.83. The van der Waals surface area contributed by atoms with Gasteiger partial charge in [0.25, 0.3) is 11.5 Å². The molecule has 7 atom stereocenters. The maximum absolute atomic E-state index is 12.9. The highest BCUT2D eigenvalue weighted by molar-refractivity contribution is 5.97. The summed E-state index contributed by atoms with van der Waals surface area (Å²) in [4.78, 5) is 88.0. The van der Waals surface area contributed by atoms with Gasteiger partial charge < -0.3 is 56.7 Å². The molecule has 4 heterocycles. The van der Waals surface area contributed by atoms with Gasteiger partial charge in [-0.05, 0) is 37.6 Å². The van der Waals surface area contributed by atoms with Gasteiger partial charge in [-0.25, -0.2) is 24.2 Å². The summed E-state index contributed by atoms with van der Waals surface area (Å²) in [6.07, 6.45) is -6.68. The number of aromatic amines is 1. The van der Waals surface area contributed by atoms with Gasteiger partial charge in [0.15, 0.2) is 29.3 Å². The molecule has 0 radical (unpaired) electrons. The second kappa shape index (κ2) is 18.4. The number of Topliss-reactive ketones (excluding diaryl/α,β-unsaturated/α-hetero) is 1. The molecule has 4 aromatic rings. The van der Waals surface area contributed by atoms with Crippen molar-refractivity contribution in [3.05, 3.63) is 64.0 Å². The quantitative estimate of drug-likeness (QED) is 0.0471. The van der Waals surface area contributed by atoms with E-state index < -0.39 is 77.9 Å². The number of carboxylic acid groups (broad SMARTS) is 2. The number of aromatic nitrogens is 7. The smallest absolute Gasteiger partial charge is 0.335 e. The molecule has 1 aliphatic heterocycles. The second-order valence-corrected chi connectivity index (χ2v) is 12.8. The lowest BCUT2D eigenvalue weighted by Crippen LogP contribution is -2.60. The molecule has 2 amide bonds. The van der Waals surface area contributed by atoms with E-state index in [1.807, 2.05) is 0 Å². The lowest BCUT2D eigenvalue weighted by atomic mass is 9.99. The number of rotatable bonds is 18. The number of aliphatic hydroxyl groups is 3. The highest BCUT2D eigenvalue weighted by Crippen LogP contribution is 2.22. The van der Waals surface area contributed by atoms with Crippen LogP contribution < -0.4 is 27.2 Å². The average Bonchev–Trinajstić information content (AvgIpc) is 3.62. The number of benzene rings is 1. The van der Waals surface area contributed by atoms with Crippen molar-refractivity contribution >= 4 is 52.3 Å². The fourth-order valence-electron chi connectivity index (χ4n) is 5.53. The highest BCUT2D eigenvalue weighted by Gasteiger charge is 2.47. The number of ether oxygens (including phenoxy) is 2. The molecule has 0 bridgehead atoms. The van der Waals surface area contributed by atoms with Crippen molar-refractivity contribution in [2.45, 2.75) is 82.1 Å². The molecule has 1 saturated heterocycles. The van der Waals surface area contributed by atoms with Crippen LogP contribution in [0.4, 0.5) is 11.6 Å². The maximum atomic E-state index is 12.9. The van der Waals surface area contributed by atoms with E-state index in [1.54, 1.807) is 12.1 Å². The molecule has 3 aromatic heterocycles. The largest absolute Gasteiger partial charge is 0.480 e. The molecule has 24 heteroatoms. The van der Waals surface area contributed by atoms with Crippen molar-refractivity contribution in [3.63, 3.8) is 0 Å². The molecule has 1 fully saturated rings. The number of carboxylic acids is 2. The zero-order valence-electron chi connectivity index (χ0n) is 30.0. The molecule has 24 nitrogen and oxygen atoms in total. The van der Waals surface area contributed by atoms with Crippen molar-refractivity contribution in [1.82, 2.24) is 45.6 Å². The first-order valence-electron chi connectivity index (χ1n) is 17.2. The predicted molar refractivity (Wildman–Crippen MR) is 191 cm³/mol. The molecule has 1 aromatic carbocycles. The number of nitrogen functional groups attached to an aromatic ring is 1. The number of carbonyl (C=O) groups excluding carboxylic acids is 3. The van der Waals surface area contributed by atoms with Crippen molar-refractivity contribution in [2.24, 2.45) is 0 Å². The van der Waals surface area contributed by atoms with E-state index in [0.717, 1.165) is 0 Å². The minimum atomic E-state index is -1.87. The van der Waals surface area contributed by atoms with Crippen LogP contribution in [0.1, 0.15) is 41.5 Å². The normalized spacial score (nSPS) is 20.3. The van der Waals surface area contributed by atoms with E-state index in [-0.39, 0.29) is 67.3 Å². The third kappa shape index (κ3) is 10.9. The van der Waals surface area contributed by atoms with Crippen LogP contribution in [0.5, 0.6) is 0 Å². The van der Waals surface area contributed by atoms with Crippen LogP contribution in [0.15, 0.2) is 41.5 Å². The standard InChI is InChI=1S/C33H39N11O13/c1-14(45)20(10-17-13-44(43-42-17)8-9-56-32-25(49)23(47)24(48)26(57-32)31(54)55)38-21(46)7-6-19(30(52)53)39-28(50)15-2-4-16(5-3-15)35-11-18-12-36-27-22(37-18)29(51)41-33(34)40-27/h2-5,12-13,19-20,23-26,32,35,47-49H,6-11H2,1H3,(H,38,46)(H,39,50)(H,52,53)(H,54,55)(H3,34,36,40,41,51)/t19-,20-,23-,24?,25?,26?,32+/m0/s1. The summed E-state index contributed by atoms with van der Waals surface area (Å²) < 4.78 is 11.7. The minimum Gasteiger partial charge on any atom is -0.480 e. The minimum absolute atomic E-state index is 0.0112. The van der Waals surface area contributed by atoms with Crippen molar-refractivity contribution in [3.8, 4) is 0 Å². The number of nitrogens with two attached hydrogens (primary N) is 1. The Morgan fingerprint density at radius 3 is 2.42 bits per heavy atom. The zero-order valence-corrected chi connectivity index (χ0v) is 30.0. The maximum Gasteiger partial charge on any atom is 0.335 e. The Morgan fingerprint density at radius 2 is 1.74 bits per heavy atom. The topological polar surface area (TPSA) is 369 Å². The van der Waals surface area contributed by atoms with Gasteiger partial charge in [0.05, 0.1) is 43.3 Å². The molecular weight excluding hydrogens is 758 g/mol. The Hall–Kier alpha value is -6.47. The zero-order chi connectivity index (χ0) is 41.4.